The highest BCUT2D eigenvalue weighted by atomic mass is 35.5. The predicted octanol–water partition coefficient (Wildman–Crippen LogP) is 5.41. The first-order valence-corrected chi connectivity index (χ1v) is 9.16. The molecular weight excluding hydrogens is 342 g/mol. The first kappa shape index (κ1) is 16.8. The van der Waals surface area contributed by atoms with Crippen LogP contribution in [0.15, 0.2) is 82.8 Å². The highest BCUT2D eigenvalue weighted by Gasteiger charge is 2.24. The maximum Gasteiger partial charge on any atom is 0.202 e. The van der Waals surface area contributed by atoms with E-state index in [9.17, 15) is 0 Å². The van der Waals surface area contributed by atoms with Gasteiger partial charge < -0.3 is 4.90 Å². The van der Waals surface area contributed by atoms with E-state index >= 15 is 0 Å². The van der Waals surface area contributed by atoms with Crippen molar-refractivity contribution in [2.45, 2.75) is 19.0 Å². The molecule has 1 unspecified atom stereocenters. The van der Waals surface area contributed by atoms with Gasteiger partial charge in [0.05, 0.1) is 0 Å². The van der Waals surface area contributed by atoms with Crippen LogP contribution in [0.1, 0.15) is 35.7 Å². The standard InChI is InChI=1S/C22H20ClN3/c1-26-21(24-20(25-22(26)23)17-11-6-3-7-12-17)19-14-8-13-18(15-19)16-9-4-2-5-10-16/h2-4,6-9,11-15,21H,5,10H2,1H3. The lowest BCUT2D eigenvalue weighted by molar-refractivity contribution is 0.388. The van der Waals surface area contributed by atoms with Crippen LogP contribution in [0.25, 0.3) is 5.57 Å². The van der Waals surface area contributed by atoms with E-state index < -0.39 is 0 Å². The van der Waals surface area contributed by atoms with Gasteiger partial charge in [0.1, 0.15) is 0 Å². The number of aliphatic imine (C=N–C) groups is 2. The van der Waals surface area contributed by atoms with Gasteiger partial charge in [-0.2, -0.15) is 4.99 Å². The van der Waals surface area contributed by atoms with Crippen molar-refractivity contribution in [3.05, 3.63) is 89.5 Å². The molecule has 1 heterocycles. The summed E-state index contributed by atoms with van der Waals surface area (Å²) in [4.78, 5) is 11.2. The van der Waals surface area contributed by atoms with Crippen molar-refractivity contribution >= 4 is 28.3 Å². The molecule has 1 aliphatic carbocycles. The summed E-state index contributed by atoms with van der Waals surface area (Å²) in [5, 5.41) is 0.453. The lowest BCUT2D eigenvalue weighted by Crippen LogP contribution is -2.31. The summed E-state index contributed by atoms with van der Waals surface area (Å²) >= 11 is 6.42. The highest BCUT2D eigenvalue weighted by molar-refractivity contribution is 6.65. The van der Waals surface area contributed by atoms with Gasteiger partial charge in [-0.05, 0) is 47.2 Å². The largest absolute Gasteiger partial charge is 0.324 e. The molecule has 2 aliphatic rings. The van der Waals surface area contributed by atoms with Gasteiger partial charge >= 0.3 is 0 Å². The van der Waals surface area contributed by atoms with Crippen molar-refractivity contribution in [1.82, 2.24) is 4.90 Å². The molecule has 1 aliphatic heterocycles. The van der Waals surface area contributed by atoms with Gasteiger partial charge in [-0.3, -0.25) is 0 Å². The number of amidine groups is 2. The SMILES string of the molecule is CN1C(Cl)=NC(c2ccccc2)=NC1c1cccc(C2=CC=CCC2)c1. The number of halogens is 1. The second kappa shape index (κ2) is 7.30. The van der Waals surface area contributed by atoms with Crippen LogP contribution in [0, 0.1) is 0 Å². The average Bonchev–Trinajstić information content (AvgIpc) is 2.71. The number of benzene rings is 2. The van der Waals surface area contributed by atoms with Crippen molar-refractivity contribution in [3.63, 3.8) is 0 Å². The van der Waals surface area contributed by atoms with Crippen LogP contribution in [0.4, 0.5) is 0 Å². The molecule has 0 amide bonds. The molecule has 0 spiro atoms. The summed E-state index contributed by atoms with van der Waals surface area (Å²) in [6.45, 7) is 0. The smallest absolute Gasteiger partial charge is 0.202 e. The Hall–Kier alpha value is -2.65. The molecule has 0 aromatic heterocycles. The van der Waals surface area contributed by atoms with Crippen molar-refractivity contribution in [2.24, 2.45) is 9.98 Å². The first-order valence-electron chi connectivity index (χ1n) is 8.78. The normalized spacial score (nSPS) is 19.7. The molecule has 0 saturated carbocycles. The Labute approximate surface area is 159 Å². The van der Waals surface area contributed by atoms with Gasteiger partial charge in [0, 0.05) is 12.6 Å². The molecule has 0 N–H and O–H groups in total. The van der Waals surface area contributed by atoms with E-state index in [0.29, 0.717) is 11.1 Å². The number of hydrogen-bond acceptors (Lipinski definition) is 3. The Bertz CT molecular complexity index is 925. The van der Waals surface area contributed by atoms with E-state index in [2.05, 4.69) is 47.5 Å². The minimum absolute atomic E-state index is 0.185. The average molecular weight is 362 g/mol. The Morgan fingerprint density at radius 1 is 1.04 bits per heavy atom. The topological polar surface area (TPSA) is 28.0 Å². The molecule has 26 heavy (non-hydrogen) atoms. The number of allylic oxidation sites excluding steroid dienone is 4. The first-order chi connectivity index (χ1) is 12.7. The Morgan fingerprint density at radius 2 is 1.85 bits per heavy atom. The molecule has 0 fully saturated rings. The maximum atomic E-state index is 6.42. The number of nitrogens with zero attached hydrogens (tertiary/aromatic N) is 3. The van der Waals surface area contributed by atoms with Crippen molar-refractivity contribution in [2.75, 3.05) is 7.05 Å². The van der Waals surface area contributed by atoms with Gasteiger partial charge in [0.15, 0.2) is 12.0 Å². The molecule has 3 nitrogen and oxygen atoms in total. The fourth-order valence-corrected chi connectivity index (χ4v) is 3.44. The molecule has 0 radical (unpaired) electrons. The third-order valence-corrected chi connectivity index (χ3v) is 5.05. The van der Waals surface area contributed by atoms with Crippen LogP contribution in [-0.2, 0) is 0 Å². The molecule has 2 aromatic carbocycles. The summed E-state index contributed by atoms with van der Waals surface area (Å²) in [6, 6.07) is 18.5. The molecule has 0 bridgehead atoms. The van der Waals surface area contributed by atoms with Crippen LogP contribution in [0.2, 0.25) is 0 Å². The Balaban J connectivity index is 1.72. The van der Waals surface area contributed by atoms with Crippen molar-refractivity contribution in [3.8, 4) is 0 Å². The minimum atomic E-state index is -0.185. The van der Waals surface area contributed by atoms with E-state index in [1.165, 1.54) is 11.1 Å². The summed E-state index contributed by atoms with van der Waals surface area (Å²) in [6.07, 6.45) is 8.51. The second-order valence-electron chi connectivity index (χ2n) is 6.47. The summed E-state index contributed by atoms with van der Waals surface area (Å²) in [7, 11) is 1.93. The molecule has 130 valence electrons. The van der Waals surface area contributed by atoms with Crippen LogP contribution < -0.4 is 0 Å². The van der Waals surface area contributed by atoms with E-state index in [1.807, 2.05) is 42.3 Å². The monoisotopic (exact) mass is 361 g/mol. The van der Waals surface area contributed by atoms with Gasteiger partial charge in [0.2, 0.25) is 5.29 Å². The van der Waals surface area contributed by atoms with Gasteiger partial charge in [0.25, 0.3) is 0 Å². The highest BCUT2D eigenvalue weighted by Crippen LogP contribution is 2.31. The van der Waals surface area contributed by atoms with Gasteiger partial charge in [-0.15, -0.1) is 0 Å². The van der Waals surface area contributed by atoms with E-state index in [-0.39, 0.29) is 6.17 Å². The van der Waals surface area contributed by atoms with Crippen LogP contribution in [0.5, 0.6) is 0 Å². The molecular formula is C22H20ClN3. The zero-order valence-electron chi connectivity index (χ0n) is 14.6. The molecule has 4 heteroatoms. The lowest BCUT2D eigenvalue weighted by atomic mass is 9.95. The fourth-order valence-electron chi connectivity index (χ4n) is 3.27. The molecule has 0 saturated heterocycles. The lowest BCUT2D eigenvalue weighted by Gasteiger charge is -2.29. The molecule has 1 atom stereocenters. The minimum Gasteiger partial charge on any atom is -0.324 e. The maximum absolute atomic E-state index is 6.42. The van der Waals surface area contributed by atoms with Gasteiger partial charge in [-0.25, -0.2) is 4.99 Å². The molecule has 4 rings (SSSR count). The van der Waals surface area contributed by atoms with Crippen molar-refractivity contribution < 1.29 is 0 Å². The zero-order valence-corrected chi connectivity index (χ0v) is 15.4. The summed E-state index contributed by atoms with van der Waals surface area (Å²) in [5.74, 6) is 0.670. The Morgan fingerprint density at radius 3 is 2.62 bits per heavy atom. The fraction of sp³-hybridized carbons (Fsp3) is 0.182. The van der Waals surface area contributed by atoms with Crippen LogP contribution in [0.3, 0.4) is 0 Å². The third-order valence-electron chi connectivity index (χ3n) is 4.70. The summed E-state index contributed by atoms with van der Waals surface area (Å²) in [5.41, 5.74) is 4.69. The molecule has 2 aromatic rings. The van der Waals surface area contributed by atoms with Crippen LogP contribution >= 0.6 is 11.6 Å². The van der Waals surface area contributed by atoms with E-state index in [0.717, 1.165) is 24.0 Å². The second-order valence-corrected chi connectivity index (χ2v) is 6.81. The van der Waals surface area contributed by atoms with Gasteiger partial charge in [-0.1, -0.05) is 66.8 Å². The Kier molecular flexibility index (Phi) is 4.72. The predicted molar refractivity (Wildman–Crippen MR) is 110 cm³/mol. The zero-order chi connectivity index (χ0) is 17.9. The van der Waals surface area contributed by atoms with Crippen LogP contribution in [-0.4, -0.2) is 23.1 Å². The quantitative estimate of drug-likeness (QED) is 0.672. The number of rotatable bonds is 3. The van der Waals surface area contributed by atoms with E-state index in [4.69, 9.17) is 16.6 Å². The number of hydrogen-bond donors (Lipinski definition) is 0. The third kappa shape index (κ3) is 3.35. The van der Waals surface area contributed by atoms with E-state index in [1.54, 1.807) is 0 Å². The summed E-state index contributed by atoms with van der Waals surface area (Å²) < 4.78 is 0. The van der Waals surface area contributed by atoms with Crippen molar-refractivity contribution in [1.29, 1.82) is 0 Å².